The zero-order valence-electron chi connectivity index (χ0n) is 15.5. The van der Waals surface area contributed by atoms with E-state index in [0.717, 1.165) is 5.88 Å². The third kappa shape index (κ3) is 13.4. The highest BCUT2D eigenvalue weighted by Crippen LogP contribution is 2.18. The van der Waals surface area contributed by atoms with E-state index in [1.165, 1.54) is 101 Å². The first kappa shape index (κ1) is 25.2. The average Bonchev–Trinajstić information content (AvgIpc) is 2.48. The highest BCUT2D eigenvalue weighted by Gasteiger charge is 2.25. The normalized spacial score (nSPS) is 11.5. The number of nitrogens with zero attached hydrogens (tertiary/aromatic N) is 1. The van der Waals surface area contributed by atoms with Crippen LogP contribution in [0.1, 0.15) is 91.4 Å². The van der Waals surface area contributed by atoms with E-state index in [0.29, 0.717) is 0 Å². The number of alkyl halides is 1. The fourth-order valence-electron chi connectivity index (χ4n) is 3.30. The van der Waals surface area contributed by atoms with Gasteiger partial charge < -0.3 is 28.5 Å². The highest BCUT2D eigenvalue weighted by molar-refractivity contribution is 6.17. The van der Waals surface area contributed by atoms with Crippen LogP contribution < -0.4 is 24.0 Å². The van der Waals surface area contributed by atoms with Crippen LogP contribution in [0.5, 0.6) is 0 Å². The summed E-state index contributed by atoms with van der Waals surface area (Å²) in [6.07, 6.45) is 15.0. The van der Waals surface area contributed by atoms with E-state index in [4.69, 9.17) is 11.6 Å². The van der Waals surface area contributed by atoms with Gasteiger partial charge in [-0.05, 0) is 51.4 Å². The number of hydrogen-bond donors (Lipinski definition) is 0. The molecule has 0 aliphatic carbocycles. The van der Waals surface area contributed by atoms with Gasteiger partial charge in [0.05, 0.1) is 26.2 Å². The molecular weight excluding hydrogens is 405 g/mol. The van der Waals surface area contributed by atoms with E-state index >= 15 is 0 Å². The van der Waals surface area contributed by atoms with Gasteiger partial charge in [0.25, 0.3) is 0 Å². The molecule has 0 aromatic heterocycles. The van der Waals surface area contributed by atoms with Gasteiger partial charge in [0.1, 0.15) is 0 Å². The summed E-state index contributed by atoms with van der Waals surface area (Å²) in [4.78, 5) is 0. The maximum atomic E-state index is 5.90. The van der Waals surface area contributed by atoms with Crippen molar-refractivity contribution in [2.24, 2.45) is 0 Å². The Morgan fingerprint density at radius 1 is 0.545 bits per heavy atom. The molecule has 0 amide bonds. The predicted molar refractivity (Wildman–Crippen MR) is 98.3 cm³/mol. The number of hydrogen-bond acceptors (Lipinski definition) is 0. The van der Waals surface area contributed by atoms with Crippen molar-refractivity contribution in [3.8, 4) is 0 Å². The molecule has 0 saturated carbocycles. The van der Waals surface area contributed by atoms with Crippen molar-refractivity contribution in [2.45, 2.75) is 91.4 Å². The lowest BCUT2D eigenvalue weighted by Gasteiger charge is -2.39. The Morgan fingerprint density at radius 2 is 0.864 bits per heavy atom. The molecular formula is C19H41ClIN. The van der Waals surface area contributed by atoms with Gasteiger partial charge in [-0.3, -0.25) is 0 Å². The third-order valence-electron chi connectivity index (χ3n) is 4.72. The number of rotatable bonds is 16. The Bertz CT molecular complexity index is 166. The van der Waals surface area contributed by atoms with E-state index in [-0.39, 0.29) is 24.0 Å². The van der Waals surface area contributed by atoms with Crippen LogP contribution in [0.3, 0.4) is 0 Å². The molecule has 0 saturated heterocycles. The zero-order chi connectivity index (χ0) is 15.8. The van der Waals surface area contributed by atoms with Crippen molar-refractivity contribution < 1.29 is 28.5 Å². The topological polar surface area (TPSA) is 0 Å². The molecule has 136 valence electrons. The third-order valence-corrected chi connectivity index (χ3v) is 4.99. The summed E-state index contributed by atoms with van der Waals surface area (Å²) >= 11 is 5.90. The fraction of sp³-hybridized carbons (Fsp3) is 1.00. The van der Waals surface area contributed by atoms with E-state index in [2.05, 4.69) is 20.8 Å². The molecule has 0 aliphatic rings. The molecule has 3 heteroatoms. The largest absolute Gasteiger partial charge is 1.00 e. The summed E-state index contributed by atoms with van der Waals surface area (Å²) in [5.74, 6) is 0.832. The van der Waals surface area contributed by atoms with Crippen LogP contribution in [0, 0.1) is 0 Å². The first-order chi connectivity index (χ1) is 10.2. The molecule has 0 rings (SSSR count). The SMILES string of the molecule is CCCCC[N+](CCCCC)(CCCCC)CCCCCl.[I-]. The van der Waals surface area contributed by atoms with Crippen LogP contribution in [0.15, 0.2) is 0 Å². The van der Waals surface area contributed by atoms with Crippen LogP contribution in [-0.4, -0.2) is 36.5 Å². The molecule has 0 aromatic carbocycles. The molecule has 0 aromatic rings. The van der Waals surface area contributed by atoms with Gasteiger partial charge in [-0.25, -0.2) is 0 Å². The number of unbranched alkanes of at least 4 members (excludes halogenated alkanes) is 7. The van der Waals surface area contributed by atoms with Crippen molar-refractivity contribution in [3.63, 3.8) is 0 Å². The minimum absolute atomic E-state index is 0. The Kier molecular flexibility index (Phi) is 21.0. The summed E-state index contributed by atoms with van der Waals surface area (Å²) in [5, 5.41) is 0. The molecule has 0 radical (unpaired) electrons. The molecule has 0 spiro atoms. The minimum Gasteiger partial charge on any atom is -1.00 e. The molecule has 0 unspecified atom stereocenters. The summed E-state index contributed by atoms with van der Waals surface area (Å²) in [6, 6.07) is 0. The van der Waals surface area contributed by atoms with E-state index < -0.39 is 0 Å². The highest BCUT2D eigenvalue weighted by atomic mass is 127. The standard InChI is InChI=1S/C19H41ClN.HI/c1-4-7-11-16-21(17-12-8-5-2,18-13-9-6-3)19-14-10-15-20;/h4-19H2,1-3H3;1H/q+1;/p-1. The lowest BCUT2D eigenvalue weighted by molar-refractivity contribution is -0.929. The summed E-state index contributed by atoms with van der Waals surface area (Å²) in [5.41, 5.74) is 0. The molecule has 0 heterocycles. The Balaban J connectivity index is 0. The fourth-order valence-corrected chi connectivity index (χ4v) is 3.49. The molecule has 0 aliphatic heterocycles. The quantitative estimate of drug-likeness (QED) is 0.148. The van der Waals surface area contributed by atoms with Crippen molar-refractivity contribution in [1.29, 1.82) is 0 Å². The second kappa shape index (κ2) is 18.3. The van der Waals surface area contributed by atoms with Crippen molar-refractivity contribution in [2.75, 3.05) is 32.1 Å². The second-order valence-corrected chi connectivity index (χ2v) is 7.13. The molecule has 0 N–H and O–H groups in total. The maximum absolute atomic E-state index is 5.90. The Hall–Kier alpha value is 0.980. The lowest BCUT2D eigenvalue weighted by atomic mass is 10.1. The van der Waals surface area contributed by atoms with E-state index in [1.54, 1.807) is 0 Å². The number of halogens is 2. The van der Waals surface area contributed by atoms with E-state index in [9.17, 15) is 0 Å². The van der Waals surface area contributed by atoms with Crippen LogP contribution in [0.2, 0.25) is 0 Å². The van der Waals surface area contributed by atoms with Crippen LogP contribution in [-0.2, 0) is 0 Å². The maximum Gasteiger partial charge on any atom is 0.0787 e. The first-order valence-corrected chi connectivity index (χ1v) is 10.2. The predicted octanol–water partition coefficient (Wildman–Crippen LogP) is 3.40. The smallest absolute Gasteiger partial charge is 0.0787 e. The van der Waals surface area contributed by atoms with Gasteiger partial charge in [0, 0.05) is 5.88 Å². The van der Waals surface area contributed by atoms with Gasteiger partial charge in [-0.15, -0.1) is 11.6 Å². The summed E-state index contributed by atoms with van der Waals surface area (Å²) < 4.78 is 1.39. The number of quaternary nitrogens is 1. The van der Waals surface area contributed by atoms with Gasteiger partial charge in [-0.1, -0.05) is 40.0 Å². The van der Waals surface area contributed by atoms with Crippen LogP contribution in [0.25, 0.3) is 0 Å². The molecule has 22 heavy (non-hydrogen) atoms. The van der Waals surface area contributed by atoms with Gasteiger partial charge in [0.2, 0.25) is 0 Å². The van der Waals surface area contributed by atoms with Gasteiger partial charge in [-0.2, -0.15) is 0 Å². The molecule has 0 atom stereocenters. The minimum atomic E-state index is 0. The summed E-state index contributed by atoms with van der Waals surface area (Å²) in [7, 11) is 0. The Morgan fingerprint density at radius 3 is 1.14 bits per heavy atom. The zero-order valence-corrected chi connectivity index (χ0v) is 18.4. The molecule has 0 bridgehead atoms. The van der Waals surface area contributed by atoms with Crippen LogP contribution in [0.4, 0.5) is 0 Å². The second-order valence-electron chi connectivity index (χ2n) is 6.75. The van der Waals surface area contributed by atoms with E-state index in [1.807, 2.05) is 0 Å². The van der Waals surface area contributed by atoms with Crippen LogP contribution >= 0.6 is 11.6 Å². The lowest BCUT2D eigenvalue weighted by Crippen LogP contribution is -3.00. The molecule has 1 nitrogen and oxygen atoms in total. The van der Waals surface area contributed by atoms with Gasteiger partial charge in [0.15, 0.2) is 0 Å². The Labute approximate surface area is 163 Å². The van der Waals surface area contributed by atoms with Gasteiger partial charge >= 0.3 is 0 Å². The van der Waals surface area contributed by atoms with Crippen molar-refractivity contribution in [1.82, 2.24) is 0 Å². The summed E-state index contributed by atoms with van der Waals surface area (Å²) in [6.45, 7) is 12.5. The monoisotopic (exact) mass is 445 g/mol. The van der Waals surface area contributed by atoms with Crippen molar-refractivity contribution >= 4 is 11.6 Å². The average molecular weight is 446 g/mol. The first-order valence-electron chi connectivity index (χ1n) is 9.65. The molecule has 0 fully saturated rings. The van der Waals surface area contributed by atoms with Crippen molar-refractivity contribution in [3.05, 3.63) is 0 Å².